The molecule has 2 aliphatic heterocycles. The lowest BCUT2D eigenvalue weighted by Gasteiger charge is -2.58. The summed E-state index contributed by atoms with van der Waals surface area (Å²) in [6.07, 6.45) is 3.19. The van der Waals surface area contributed by atoms with Crippen LogP contribution in [0.1, 0.15) is 26.2 Å². The number of fused-ring (bicyclic) bond motifs is 2. The summed E-state index contributed by atoms with van der Waals surface area (Å²) < 4.78 is 5.55. The number of ether oxygens (including phenoxy) is 1. The van der Waals surface area contributed by atoms with Gasteiger partial charge in [-0.2, -0.15) is 0 Å². The average molecular weight is 142 g/mol. The zero-order valence-corrected chi connectivity index (χ0v) is 6.39. The molecule has 2 saturated heterocycles. The Balaban J connectivity index is 2.08. The van der Waals surface area contributed by atoms with Gasteiger partial charge in [-0.1, -0.05) is 0 Å². The first-order valence-electron chi connectivity index (χ1n) is 3.93. The van der Waals surface area contributed by atoms with Crippen LogP contribution < -0.4 is 0 Å². The standard InChI is InChI=1S/C8H14O2/c1-7-4-8(5-7,6-9)2-3-10-7/h9H,2-6H2,1H3. The normalized spacial score (nSPS) is 52.2. The molecule has 3 fully saturated rings. The molecule has 3 rings (SSSR count). The van der Waals surface area contributed by atoms with Gasteiger partial charge in [-0.25, -0.2) is 0 Å². The lowest BCUT2D eigenvalue weighted by Crippen LogP contribution is -2.58. The van der Waals surface area contributed by atoms with E-state index < -0.39 is 0 Å². The van der Waals surface area contributed by atoms with E-state index in [1.807, 2.05) is 0 Å². The zero-order valence-electron chi connectivity index (χ0n) is 6.39. The minimum Gasteiger partial charge on any atom is -0.396 e. The van der Waals surface area contributed by atoms with Crippen molar-refractivity contribution < 1.29 is 9.84 Å². The molecule has 0 atom stereocenters. The van der Waals surface area contributed by atoms with Gasteiger partial charge in [0.2, 0.25) is 0 Å². The molecule has 0 aromatic rings. The highest BCUT2D eigenvalue weighted by Crippen LogP contribution is 2.55. The molecule has 1 N–H and O–H groups in total. The second-order valence-electron chi connectivity index (χ2n) is 4.06. The predicted molar refractivity (Wildman–Crippen MR) is 37.7 cm³/mol. The Labute approximate surface area is 61.2 Å². The maximum atomic E-state index is 9.05. The van der Waals surface area contributed by atoms with Crippen LogP contribution in [0.25, 0.3) is 0 Å². The van der Waals surface area contributed by atoms with Gasteiger partial charge in [0.25, 0.3) is 0 Å². The fraction of sp³-hybridized carbons (Fsp3) is 1.00. The molecule has 0 spiro atoms. The van der Waals surface area contributed by atoms with Crippen molar-refractivity contribution in [3.05, 3.63) is 0 Å². The van der Waals surface area contributed by atoms with Gasteiger partial charge in [-0.3, -0.25) is 0 Å². The van der Waals surface area contributed by atoms with Gasteiger partial charge < -0.3 is 9.84 Å². The minimum atomic E-state index is 0.126. The van der Waals surface area contributed by atoms with Crippen molar-refractivity contribution in [2.45, 2.75) is 31.8 Å². The topological polar surface area (TPSA) is 29.5 Å². The Morgan fingerprint density at radius 1 is 1.50 bits per heavy atom. The Kier molecular flexibility index (Phi) is 1.15. The van der Waals surface area contributed by atoms with E-state index in [1.54, 1.807) is 0 Å². The lowest BCUT2D eigenvalue weighted by molar-refractivity contribution is -0.226. The third-order valence-electron chi connectivity index (χ3n) is 2.92. The SMILES string of the molecule is CC12CC(CO)(CCO1)C2. The fourth-order valence-corrected chi connectivity index (χ4v) is 2.52. The highest BCUT2D eigenvalue weighted by Gasteiger charge is 2.55. The summed E-state index contributed by atoms with van der Waals surface area (Å²) in [5.41, 5.74) is 0.383. The maximum absolute atomic E-state index is 9.05. The van der Waals surface area contributed by atoms with Crippen LogP contribution in [0.2, 0.25) is 0 Å². The Morgan fingerprint density at radius 2 is 2.20 bits per heavy atom. The molecule has 1 aliphatic carbocycles. The largest absolute Gasteiger partial charge is 0.396 e. The molecule has 0 aromatic carbocycles. The number of hydrogen-bond acceptors (Lipinski definition) is 2. The van der Waals surface area contributed by atoms with Gasteiger partial charge in [0.05, 0.1) is 5.60 Å². The minimum absolute atomic E-state index is 0.126. The molecule has 2 heterocycles. The summed E-state index contributed by atoms with van der Waals surface area (Å²) in [4.78, 5) is 0. The van der Waals surface area contributed by atoms with Gasteiger partial charge in [-0.05, 0) is 26.2 Å². The van der Waals surface area contributed by atoms with Crippen LogP contribution in [-0.2, 0) is 4.74 Å². The van der Waals surface area contributed by atoms with Gasteiger partial charge >= 0.3 is 0 Å². The summed E-state index contributed by atoms with van der Waals surface area (Å²) in [6.45, 7) is 3.34. The molecule has 1 saturated carbocycles. The molecule has 0 unspecified atom stereocenters. The summed E-state index contributed by atoms with van der Waals surface area (Å²) in [6, 6.07) is 0. The first-order chi connectivity index (χ1) is 4.68. The van der Waals surface area contributed by atoms with Gasteiger partial charge in [0.15, 0.2) is 0 Å². The third kappa shape index (κ3) is 0.722. The average Bonchev–Trinajstić information content (AvgIpc) is 1.86. The van der Waals surface area contributed by atoms with Crippen molar-refractivity contribution in [2.24, 2.45) is 5.41 Å². The third-order valence-corrected chi connectivity index (χ3v) is 2.92. The second-order valence-corrected chi connectivity index (χ2v) is 4.06. The first-order valence-corrected chi connectivity index (χ1v) is 3.93. The summed E-state index contributed by atoms with van der Waals surface area (Å²) in [7, 11) is 0. The number of rotatable bonds is 1. The molecular weight excluding hydrogens is 128 g/mol. The summed E-state index contributed by atoms with van der Waals surface area (Å²) in [5, 5.41) is 9.05. The van der Waals surface area contributed by atoms with Crippen LogP contribution in [0.4, 0.5) is 0 Å². The van der Waals surface area contributed by atoms with Crippen LogP contribution in [0.3, 0.4) is 0 Å². The molecule has 0 aromatic heterocycles. The molecule has 58 valence electrons. The molecule has 10 heavy (non-hydrogen) atoms. The second kappa shape index (κ2) is 1.74. The summed E-state index contributed by atoms with van der Waals surface area (Å²) in [5.74, 6) is 0. The Bertz CT molecular complexity index is 147. The van der Waals surface area contributed by atoms with E-state index in [0.29, 0.717) is 6.61 Å². The van der Waals surface area contributed by atoms with Crippen LogP contribution in [0.15, 0.2) is 0 Å². The van der Waals surface area contributed by atoms with Crippen molar-refractivity contribution in [2.75, 3.05) is 13.2 Å². The van der Waals surface area contributed by atoms with Crippen LogP contribution in [0.5, 0.6) is 0 Å². The zero-order chi connectivity index (χ0) is 7.24. The van der Waals surface area contributed by atoms with Crippen molar-refractivity contribution in [3.8, 4) is 0 Å². The Hall–Kier alpha value is -0.0800. The van der Waals surface area contributed by atoms with Crippen molar-refractivity contribution in [1.82, 2.24) is 0 Å². The molecule has 2 nitrogen and oxygen atoms in total. The molecule has 2 bridgehead atoms. The van der Waals surface area contributed by atoms with E-state index in [1.165, 1.54) is 0 Å². The number of hydrogen-bond donors (Lipinski definition) is 1. The molecular formula is C8H14O2. The monoisotopic (exact) mass is 142 g/mol. The fourth-order valence-electron chi connectivity index (χ4n) is 2.52. The number of aliphatic hydroxyl groups excluding tert-OH is 1. The Morgan fingerprint density at radius 3 is 2.60 bits per heavy atom. The van der Waals surface area contributed by atoms with E-state index >= 15 is 0 Å². The molecule has 0 amide bonds. The van der Waals surface area contributed by atoms with Crippen molar-refractivity contribution in [1.29, 1.82) is 0 Å². The van der Waals surface area contributed by atoms with Crippen LogP contribution >= 0.6 is 0 Å². The van der Waals surface area contributed by atoms with E-state index in [2.05, 4.69) is 6.92 Å². The van der Waals surface area contributed by atoms with E-state index in [4.69, 9.17) is 9.84 Å². The highest BCUT2D eigenvalue weighted by atomic mass is 16.5. The van der Waals surface area contributed by atoms with Crippen LogP contribution in [-0.4, -0.2) is 23.9 Å². The van der Waals surface area contributed by atoms with E-state index in [0.717, 1.165) is 25.9 Å². The van der Waals surface area contributed by atoms with Crippen LogP contribution in [0, 0.1) is 5.41 Å². The smallest absolute Gasteiger partial charge is 0.0666 e. The summed E-state index contributed by atoms with van der Waals surface area (Å²) >= 11 is 0. The molecule has 2 heteroatoms. The predicted octanol–water partition coefficient (Wildman–Crippen LogP) is 0.938. The lowest BCUT2D eigenvalue weighted by atomic mass is 9.57. The van der Waals surface area contributed by atoms with E-state index in [-0.39, 0.29) is 11.0 Å². The van der Waals surface area contributed by atoms with Gasteiger partial charge in [0.1, 0.15) is 0 Å². The number of aliphatic hydroxyl groups is 1. The molecule has 0 radical (unpaired) electrons. The first kappa shape index (κ1) is 6.62. The van der Waals surface area contributed by atoms with Crippen molar-refractivity contribution >= 4 is 0 Å². The maximum Gasteiger partial charge on any atom is 0.0666 e. The van der Waals surface area contributed by atoms with E-state index in [9.17, 15) is 0 Å². The highest BCUT2D eigenvalue weighted by molar-refractivity contribution is 5.05. The quantitative estimate of drug-likeness (QED) is 0.590. The van der Waals surface area contributed by atoms with Crippen molar-refractivity contribution in [3.63, 3.8) is 0 Å². The van der Waals surface area contributed by atoms with Gasteiger partial charge in [0, 0.05) is 18.6 Å². The molecule has 3 aliphatic rings. The van der Waals surface area contributed by atoms with Gasteiger partial charge in [-0.15, -0.1) is 0 Å².